The smallest absolute Gasteiger partial charge is 0.315 e. The second-order valence-corrected chi connectivity index (χ2v) is 4.47. The van der Waals surface area contributed by atoms with Gasteiger partial charge in [-0.05, 0) is 20.8 Å². The maximum Gasteiger partial charge on any atom is 0.333 e. The summed E-state index contributed by atoms with van der Waals surface area (Å²) in [4.78, 5) is 26.6. The van der Waals surface area contributed by atoms with Gasteiger partial charge in [0, 0.05) is 19.2 Å². The van der Waals surface area contributed by atoms with Gasteiger partial charge in [-0.1, -0.05) is 0 Å². The molecule has 2 rings (SSSR count). The van der Waals surface area contributed by atoms with E-state index in [1.54, 1.807) is 30.9 Å². The van der Waals surface area contributed by atoms with Crippen LogP contribution in [0, 0.1) is 0 Å². The lowest BCUT2D eigenvalue weighted by Gasteiger charge is -2.17. The van der Waals surface area contributed by atoms with Crippen molar-refractivity contribution in [2.75, 3.05) is 11.9 Å². The van der Waals surface area contributed by atoms with E-state index in [4.69, 9.17) is 0 Å². The number of anilines is 1. The lowest BCUT2D eigenvalue weighted by Crippen LogP contribution is -2.33. The first-order valence-corrected chi connectivity index (χ1v) is 5.59. The molecule has 17 heavy (non-hydrogen) atoms. The molecule has 6 heteroatoms. The Morgan fingerprint density at radius 1 is 1.35 bits per heavy atom. The van der Waals surface area contributed by atoms with Crippen molar-refractivity contribution in [3.05, 3.63) is 12.3 Å². The monoisotopic (exact) mass is 236 g/mol. The molecule has 2 heterocycles. The quantitative estimate of drug-likeness (QED) is 0.726. The Bertz CT molecular complexity index is 446. The highest BCUT2D eigenvalue weighted by Gasteiger charge is 2.42. The fourth-order valence-electron chi connectivity index (χ4n) is 1.86. The Morgan fingerprint density at radius 2 is 2.00 bits per heavy atom. The molecule has 0 radical (unpaired) electrons. The summed E-state index contributed by atoms with van der Waals surface area (Å²) in [6.45, 7) is 5.62. The molecular weight excluding hydrogens is 220 g/mol. The van der Waals surface area contributed by atoms with Crippen LogP contribution in [0.4, 0.5) is 10.6 Å². The highest BCUT2D eigenvalue weighted by Crippen LogP contribution is 2.25. The Morgan fingerprint density at radius 3 is 2.47 bits per heavy atom. The molecule has 6 nitrogen and oxygen atoms in total. The van der Waals surface area contributed by atoms with Crippen LogP contribution in [-0.4, -0.2) is 39.7 Å². The van der Waals surface area contributed by atoms with Gasteiger partial charge < -0.3 is 4.90 Å². The molecule has 0 saturated carbocycles. The lowest BCUT2D eigenvalue weighted by molar-refractivity contribution is -0.119. The summed E-state index contributed by atoms with van der Waals surface area (Å²) in [5, 5.41) is 4.13. The number of urea groups is 1. The molecule has 0 spiro atoms. The molecule has 1 atom stereocenters. The number of hydrogen-bond donors (Lipinski definition) is 0. The average Bonchev–Trinajstić information content (AvgIpc) is 2.81. The van der Waals surface area contributed by atoms with Gasteiger partial charge in [-0.15, -0.1) is 0 Å². The summed E-state index contributed by atoms with van der Waals surface area (Å²) in [7, 11) is 1.63. The van der Waals surface area contributed by atoms with E-state index in [9.17, 15) is 9.59 Å². The number of nitrogens with zero attached hydrogens (tertiary/aromatic N) is 4. The second-order valence-electron chi connectivity index (χ2n) is 4.47. The highest BCUT2D eigenvalue weighted by atomic mass is 16.2. The van der Waals surface area contributed by atoms with Gasteiger partial charge in [0.15, 0.2) is 0 Å². The zero-order valence-electron chi connectivity index (χ0n) is 10.4. The minimum absolute atomic E-state index is 0.0989. The van der Waals surface area contributed by atoms with Crippen LogP contribution in [0.25, 0.3) is 0 Å². The van der Waals surface area contributed by atoms with Crippen molar-refractivity contribution in [1.29, 1.82) is 0 Å². The first kappa shape index (κ1) is 11.6. The number of rotatable bonds is 2. The van der Waals surface area contributed by atoms with Gasteiger partial charge in [-0.25, -0.2) is 14.4 Å². The molecule has 1 aromatic rings. The van der Waals surface area contributed by atoms with Crippen LogP contribution < -0.4 is 4.90 Å². The first-order valence-electron chi connectivity index (χ1n) is 5.59. The molecule has 1 unspecified atom stereocenters. The fraction of sp³-hybridized carbons (Fsp3) is 0.545. The highest BCUT2D eigenvalue weighted by molar-refractivity contribution is 6.20. The van der Waals surface area contributed by atoms with Crippen molar-refractivity contribution in [2.24, 2.45) is 0 Å². The molecule has 1 fully saturated rings. The van der Waals surface area contributed by atoms with Gasteiger partial charge in [0.25, 0.3) is 5.91 Å². The van der Waals surface area contributed by atoms with Gasteiger partial charge in [0.2, 0.25) is 0 Å². The average molecular weight is 236 g/mol. The molecule has 1 aliphatic heterocycles. The number of aromatic nitrogens is 2. The first-order chi connectivity index (χ1) is 7.95. The normalized spacial score (nSPS) is 20.9. The maximum absolute atomic E-state index is 12.0. The van der Waals surface area contributed by atoms with Crippen LogP contribution >= 0.6 is 0 Å². The van der Waals surface area contributed by atoms with E-state index in [1.807, 2.05) is 13.8 Å². The van der Waals surface area contributed by atoms with E-state index in [2.05, 4.69) is 5.10 Å². The van der Waals surface area contributed by atoms with Crippen molar-refractivity contribution < 1.29 is 9.59 Å². The van der Waals surface area contributed by atoms with Crippen molar-refractivity contribution in [3.63, 3.8) is 0 Å². The Kier molecular flexibility index (Phi) is 2.65. The summed E-state index contributed by atoms with van der Waals surface area (Å²) in [5.74, 6) is 0.325. The third-order valence-corrected chi connectivity index (χ3v) is 3.02. The molecule has 1 saturated heterocycles. The van der Waals surface area contributed by atoms with Crippen molar-refractivity contribution >= 4 is 17.8 Å². The van der Waals surface area contributed by atoms with Crippen LogP contribution in [0.3, 0.4) is 0 Å². The summed E-state index contributed by atoms with van der Waals surface area (Å²) < 4.78 is 1.67. The van der Waals surface area contributed by atoms with E-state index in [-0.39, 0.29) is 18.0 Å². The predicted octanol–water partition coefficient (Wildman–Crippen LogP) is 1.25. The SMILES string of the molecule is CC1C(=O)N(c2ccnn2C(C)C)C(=O)N1C. The van der Waals surface area contributed by atoms with Gasteiger partial charge in [0.05, 0.1) is 6.20 Å². The van der Waals surface area contributed by atoms with Crippen molar-refractivity contribution in [2.45, 2.75) is 32.9 Å². The topological polar surface area (TPSA) is 58.4 Å². The summed E-state index contributed by atoms with van der Waals surface area (Å²) >= 11 is 0. The third kappa shape index (κ3) is 1.60. The van der Waals surface area contributed by atoms with Crippen molar-refractivity contribution in [1.82, 2.24) is 14.7 Å². The number of likely N-dealkylation sites (N-methyl/N-ethyl adjacent to an activating group) is 1. The standard InChI is InChI=1S/C11H16N4O2/c1-7(2)15-9(5-6-12-15)14-10(16)8(3)13(4)11(14)17/h5-8H,1-4H3. The number of imide groups is 1. The molecule has 1 aliphatic rings. The predicted molar refractivity (Wildman–Crippen MR) is 62.7 cm³/mol. The zero-order chi connectivity index (χ0) is 12.7. The zero-order valence-corrected chi connectivity index (χ0v) is 10.4. The van der Waals surface area contributed by atoms with E-state index in [0.717, 1.165) is 0 Å². The van der Waals surface area contributed by atoms with Crippen LogP contribution in [0.1, 0.15) is 26.8 Å². The summed E-state index contributed by atoms with van der Waals surface area (Å²) in [6.07, 6.45) is 1.60. The van der Waals surface area contributed by atoms with Crippen LogP contribution in [0.15, 0.2) is 12.3 Å². The van der Waals surface area contributed by atoms with Gasteiger partial charge in [-0.2, -0.15) is 5.10 Å². The van der Waals surface area contributed by atoms with Gasteiger partial charge in [-0.3, -0.25) is 4.79 Å². The fourth-order valence-corrected chi connectivity index (χ4v) is 1.86. The molecular formula is C11H16N4O2. The number of hydrogen-bond acceptors (Lipinski definition) is 3. The molecule has 0 N–H and O–H groups in total. The van der Waals surface area contributed by atoms with E-state index in [1.165, 1.54) is 9.80 Å². The lowest BCUT2D eigenvalue weighted by atomic mass is 10.3. The molecule has 1 aromatic heterocycles. The van der Waals surface area contributed by atoms with Crippen LogP contribution in [-0.2, 0) is 4.79 Å². The molecule has 92 valence electrons. The molecule has 0 bridgehead atoms. The minimum atomic E-state index is -0.419. The van der Waals surface area contributed by atoms with E-state index in [0.29, 0.717) is 5.82 Å². The Hall–Kier alpha value is -1.85. The summed E-state index contributed by atoms with van der Waals surface area (Å²) in [6, 6.07) is 1.06. The Labute approximate surface area is 99.8 Å². The molecule has 0 aromatic carbocycles. The molecule has 3 amide bonds. The largest absolute Gasteiger partial charge is 0.333 e. The number of carbonyl (C=O) groups excluding carboxylic acids is 2. The second kappa shape index (κ2) is 3.87. The van der Waals surface area contributed by atoms with Crippen LogP contribution in [0.2, 0.25) is 0 Å². The minimum Gasteiger partial charge on any atom is -0.315 e. The molecule has 0 aliphatic carbocycles. The number of amides is 3. The van der Waals surface area contributed by atoms with Gasteiger partial charge in [0.1, 0.15) is 11.9 Å². The third-order valence-electron chi connectivity index (χ3n) is 3.02. The van der Waals surface area contributed by atoms with E-state index < -0.39 is 6.04 Å². The van der Waals surface area contributed by atoms with Crippen molar-refractivity contribution in [3.8, 4) is 0 Å². The number of carbonyl (C=O) groups is 2. The summed E-state index contributed by atoms with van der Waals surface area (Å²) in [5.41, 5.74) is 0. The van der Waals surface area contributed by atoms with Crippen LogP contribution in [0.5, 0.6) is 0 Å². The maximum atomic E-state index is 12.0. The van der Waals surface area contributed by atoms with Gasteiger partial charge >= 0.3 is 6.03 Å². The van der Waals surface area contributed by atoms with E-state index >= 15 is 0 Å². The Balaban J connectivity index is 2.44.